The molecule has 0 fully saturated rings. The van der Waals surface area contributed by atoms with Crippen LogP contribution in [0.25, 0.3) is 0 Å². The van der Waals surface area contributed by atoms with Crippen LogP contribution in [0.3, 0.4) is 0 Å². The summed E-state index contributed by atoms with van der Waals surface area (Å²) in [6, 6.07) is 24.6. The van der Waals surface area contributed by atoms with E-state index in [4.69, 9.17) is 4.74 Å². The second kappa shape index (κ2) is 6.99. The van der Waals surface area contributed by atoms with Gasteiger partial charge in [-0.2, -0.15) is 0 Å². The molecule has 3 aromatic carbocycles. The van der Waals surface area contributed by atoms with Crippen LogP contribution in [0.1, 0.15) is 11.1 Å². The summed E-state index contributed by atoms with van der Waals surface area (Å²) >= 11 is 3.53. The first-order valence-electron chi connectivity index (χ1n) is 8.26. The van der Waals surface area contributed by atoms with Crippen molar-refractivity contribution in [2.45, 2.75) is 15.7 Å². The Kier molecular flexibility index (Phi) is 4.69. The third-order valence-electron chi connectivity index (χ3n) is 4.78. The van der Waals surface area contributed by atoms with Crippen molar-refractivity contribution in [3.05, 3.63) is 94.5 Å². The van der Waals surface area contributed by atoms with Gasteiger partial charge in [0.05, 0.1) is 27.3 Å². The quantitative estimate of drug-likeness (QED) is 0.675. The Labute approximate surface area is 163 Å². The van der Waals surface area contributed by atoms with Crippen LogP contribution < -0.4 is 4.74 Å². The molecule has 3 atom stereocenters. The molecule has 0 saturated carbocycles. The fraction of sp³-hybridized carbons (Fsp3) is 0.143. The van der Waals surface area contributed by atoms with Crippen LogP contribution in [0.15, 0.2) is 88.2 Å². The van der Waals surface area contributed by atoms with Gasteiger partial charge in [0, 0.05) is 10.5 Å². The van der Waals surface area contributed by atoms with Crippen molar-refractivity contribution in [3.63, 3.8) is 0 Å². The summed E-state index contributed by atoms with van der Waals surface area (Å²) in [5.74, 6) is 0.639. The zero-order valence-electron chi connectivity index (χ0n) is 13.8. The van der Waals surface area contributed by atoms with Crippen LogP contribution in [-0.2, 0) is 16.2 Å². The minimum atomic E-state index is -1.47. The summed E-state index contributed by atoms with van der Waals surface area (Å²) in [5, 5.41) is 10.5. The lowest BCUT2D eigenvalue weighted by Gasteiger charge is -2.32. The molecule has 0 bridgehead atoms. The van der Waals surface area contributed by atoms with Crippen molar-refractivity contribution in [2.75, 3.05) is 6.61 Å². The van der Waals surface area contributed by atoms with Crippen molar-refractivity contribution < 1.29 is 14.1 Å². The Hall–Kier alpha value is -1.95. The monoisotopic (exact) mass is 428 g/mol. The smallest absolute Gasteiger partial charge is 0.193 e. The van der Waals surface area contributed by atoms with Crippen LogP contribution in [0, 0.1) is 0 Å². The fourth-order valence-corrected chi connectivity index (χ4v) is 5.52. The van der Waals surface area contributed by atoms with Crippen LogP contribution in [0.5, 0.6) is 5.75 Å². The van der Waals surface area contributed by atoms with E-state index < -0.39 is 21.7 Å². The zero-order chi connectivity index (χ0) is 18.1. The molecule has 1 heterocycles. The SMILES string of the molecule is O=S(c1ccccc1)[C@H]1Oc2c(Br)cccc2[C@@]1(CO)c1ccccc1. The summed E-state index contributed by atoms with van der Waals surface area (Å²) in [7, 11) is -1.47. The standard InChI is InChI=1S/C21H17BrO3S/c22-18-13-7-12-17-19(18)25-20(26(24)16-10-5-2-6-11-16)21(17,14-23)15-8-3-1-4-9-15/h1-13,20,23H,14H2/t20-,21-,26?/m1/s1. The summed E-state index contributed by atoms with van der Waals surface area (Å²) in [5.41, 5.74) is 0.0932. The Morgan fingerprint density at radius 2 is 1.62 bits per heavy atom. The van der Waals surface area contributed by atoms with Gasteiger partial charge in [0.15, 0.2) is 5.44 Å². The maximum atomic E-state index is 13.4. The fourth-order valence-electron chi connectivity index (χ4n) is 3.50. The second-order valence-electron chi connectivity index (χ2n) is 6.17. The average molecular weight is 429 g/mol. The van der Waals surface area contributed by atoms with Gasteiger partial charge in [-0.1, -0.05) is 60.7 Å². The first-order chi connectivity index (χ1) is 12.7. The highest BCUT2D eigenvalue weighted by molar-refractivity contribution is 9.10. The third-order valence-corrected chi connectivity index (χ3v) is 7.03. The molecule has 0 aliphatic carbocycles. The van der Waals surface area contributed by atoms with E-state index in [1.807, 2.05) is 78.9 Å². The number of para-hydroxylation sites is 1. The highest BCUT2D eigenvalue weighted by atomic mass is 79.9. The summed E-state index contributed by atoms with van der Waals surface area (Å²) in [4.78, 5) is 0.676. The van der Waals surface area contributed by atoms with Crippen molar-refractivity contribution in [2.24, 2.45) is 0 Å². The molecular weight excluding hydrogens is 412 g/mol. The number of benzene rings is 3. The maximum Gasteiger partial charge on any atom is 0.193 e. The van der Waals surface area contributed by atoms with E-state index in [9.17, 15) is 9.32 Å². The highest BCUT2D eigenvalue weighted by Crippen LogP contribution is 2.51. The van der Waals surface area contributed by atoms with E-state index in [2.05, 4.69) is 15.9 Å². The van der Waals surface area contributed by atoms with Crippen LogP contribution in [-0.4, -0.2) is 21.4 Å². The molecule has 132 valence electrons. The maximum absolute atomic E-state index is 13.4. The molecule has 1 N–H and O–H groups in total. The number of rotatable bonds is 4. The molecule has 1 unspecified atom stereocenters. The van der Waals surface area contributed by atoms with Crippen molar-refractivity contribution in [1.82, 2.24) is 0 Å². The normalized spacial score (nSPS) is 22.5. The molecule has 0 amide bonds. The number of hydrogen-bond donors (Lipinski definition) is 1. The number of fused-ring (bicyclic) bond motifs is 1. The Balaban J connectivity index is 1.94. The molecule has 0 radical (unpaired) electrons. The van der Waals surface area contributed by atoms with E-state index in [0.717, 1.165) is 15.6 Å². The summed E-state index contributed by atoms with van der Waals surface area (Å²) in [6.07, 6.45) is 0. The molecule has 0 aromatic heterocycles. The number of halogens is 1. The van der Waals surface area contributed by atoms with Gasteiger partial charge in [0.1, 0.15) is 5.75 Å². The van der Waals surface area contributed by atoms with Crippen LogP contribution in [0.2, 0.25) is 0 Å². The van der Waals surface area contributed by atoms with Gasteiger partial charge < -0.3 is 9.84 Å². The average Bonchev–Trinajstić information content (AvgIpc) is 3.05. The van der Waals surface area contributed by atoms with Crippen molar-refractivity contribution in [3.8, 4) is 5.75 Å². The number of ether oxygens (including phenoxy) is 1. The number of hydrogen-bond acceptors (Lipinski definition) is 3. The van der Waals surface area contributed by atoms with E-state index in [0.29, 0.717) is 10.6 Å². The molecule has 3 aromatic rings. The zero-order valence-corrected chi connectivity index (χ0v) is 16.2. The molecule has 0 saturated heterocycles. The van der Waals surface area contributed by atoms with E-state index in [1.54, 1.807) is 0 Å². The first kappa shape index (κ1) is 17.5. The molecule has 0 spiro atoms. The molecule has 3 nitrogen and oxygen atoms in total. The van der Waals surface area contributed by atoms with E-state index in [1.165, 1.54) is 0 Å². The Morgan fingerprint density at radius 1 is 0.962 bits per heavy atom. The number of aliphatic hydroxyl groups excluding tert-OH is 1. The second-order valence-corrected chi connectivity index (χ2v) is 8.52. The van der Waals surface area contributed by atoms with Gasteiger partial charge in [0.2, 0.25) is 0 Å². The van der Waals surface area contributed by atoms with Crippen LogP contribution >= 0.6 is 15.9 Å². The molecule has 1 aliphatic heterocycles. The van der Waals surface area contributed by atoms with Crippen molar-refractivity contribution in [1.29, 1.82) is 0 Å². The largest absolute Gasteiger partial charge is 0.474 e. The van der Waals surface area contributed by atoms with E-state index in [-0.39, 0.29) is 6.61 Å². The summed E-state index contributed by atoms with van der Waals surface area (Å²) in [6.45, 7) is -0.205. The van der Waals surface area contributed by atoms with Crippen molar-refractivity contribution >= 4 is 26.7 Å². The minimum Gasteiger partial charge on any atom is -0.474 e. The lowest BCUT2D eigenvalue weighted by atomic mass is 9.76. The topological polar surface area (TPSA) is 46.5 Å². The molecule has 5 heteroatoms. The summed E-state index contributed by atoms with van der Waals surface area (Å²) < 4.78 is 20.4. The lowest BCUT2D eigenvalue weighted by molar-refractivity contribution is 0.163. The first-order valence-corrected chi connectivity index (χ1v) is 10.3. The van der Waals surface area contributed by atoms with Gasteiger partial charge in [0.25, 0.3) is 0 Å². The lowest BCUT2D eigenvalue weighted by Crippen LogP contribution is -2.45. The van der Waals surface area contributed by atoms with E-state index >= 15 is 0 Å². The Bertz CT molecular complexity index is 946. The van der Waals surface area contributed by atoms with Gasteiger partial charge in [-0.15, -0.1) is 0 Å². The number of aliphatic hydroxyl groups is 1. The van der Waals surface area contributed by atoms with Gasteiger partial charge in [-0.05, 0) is 39.7 Å². The van der Waals surface area contributed by atoms with Gasteiger partial charge in [-0.3, -0.25) is 4.21 Å². The highest BCUT2D eigenvalue weighted by Gasteiger charge is 2.53. The molecule has 4 rings (SSSR count). The van der Waals surface area contributed by atoms with Crippen LogP contribution in [0.4, 0.5) is 0 Å². The third kappa shape index (κ3) is 2.62. The van der Waals surface area contributed by atoms with Gasteiger partial charge in [-0.25, -0.2) is 0 Å². The van der Waals surface area contributed by atoms with Gasteiger partial charge >= 0.3 is 0 Å². The Morgan fingerprint density at radius 3 is 2.27 bits per heavy atom. The molecule has 1 aliphatic rings. The minimum absolute atomic E-state index is 0.205. The molecular formula is C21H17BrO3S. The molecule has 26 heavy (non-hydrogen) atoms. The predicted octanol–water partition coefficient (Wildman–Crippen LogP) is 4.25. The predicted molar refractivity (Wildman–Crippen MR) is 106 cm³/mol.